The first-order chi connectivity index (χ1) is 9.22. The predicted octanol–water partition coefficient (Wildman–Crippen LogP) is 3.38. The summed E-state index contributed by atoms with van der Waals surface area (Å²) >= 11 is 9.12. The van der Waals surface area contributed by atoms with Crippen molar-refractivity contribution >= 4 is 44.4 Å². The van der Waals surface area contributed by atoms with Crippen molar-refractivity contribution < 1.29 is 0 Å². The molecule has 2 N–H and O–H groups in total. The van der Waals surface area contributed by atoms with Crippen LogP contribution >= 0.6 is 27.5 Å². The van der Waals surface area contributed by atoms with Gasteiger partial charge in [-0.05, 0) is 39.7 Å². The zero-order valence-electron chi connectivity index (χ0n) is 9.69. The van der Waals surface area contributed by atoms with Crippen LogP contribution in [0.25, 0.3) is 11.0 Å². The third-order valence-corrected chi connectivity index (χ3v) is 3.34. The fourth-order valence-electron chi connectivity index (χ4n) is 1.73. The number of para-hydroxylation sites is 2. The van der Waals surface area contributed by atoms with Crippen molar-refractivity contribution in [2.75, 3.05) is 5.32 Å². The van der Waals surface area contributed by atoms with Gasteiger partial charge in [-0.2, -0.15) is 4.98 Å². The standard InChI is InChI=1S/C12H9BrClN5/c13-7-5-16-12(14)19-11(7)15-6-10-17-8-3-1-2-4-9(8)18-10/h1-5H,6H2,(H,17,18)(H,15,16,19). The van der Waals surface area contributed by atoms with E-state index in [1.807, 2.05) is 24.3 Å². The minimum atomic E-state index is 0.204. The van der Waals surface area contributed by atoms with Gasteiger partial charge in [-0.15, -0.1) is 0 Å². The molecule has 3 aromatic rings. The van der Waals surface area contributed by atoms with Crippen LogP contribution in [0.1, 0.15) is 5.82 Å². The lowest BCUT2D eigenvalue weighted by Crippen LogP contribution is -2.04. The molecule has 96 valence electrons. The molecular weight excluding hydrogens is 330 g/mol. The maximum atomic E-state index is 5.76. The van der Waals surface area contributed by atoms with E-state index in [2.05, 4.69) is 41.2 Å². The number of imidazole rings is 1. The molecule has 2 aromatic heterocycles. The van der Waals surface area contributed by atoms with Gasteiger partial charge < -0.3 is 10.3 Å². The first kappa shape index (κ1) is 12.4. The average Bonchev–Trinajstić information content (AvgIpc) is 2.82. The highest BCUT2D eigenvalue weighted by atomic mass is 79.9. The second kappa shape index (κ2) is 5.14. The number of aromatic amines is 1. The highest BCUT2D eigenvalue weighted by Crippen LogP contribution is 2.20. The van der Waals surface area contributed by atoms with Gasteiger partial charge >= 0.3 is 0 Å². The molecule has 7 heteroatoms. The summed E-state index contributed by atoms with van der Waals surface area (Å²) in [6, 6.07) is 7.88. The minimum absolute atomic E-state index is 0.204. The number of anilines is 1. The van der Waals surface area contributed by atoms with Crippen LogP contribution in [0.2, 0.25) is 5.28 Å². The molecule has 0 aliphatic carbocycles. The molecule has 0 atom stereocenters. The van der Waals surface area contributed by atoms with E-state index in [9.17, 15) is 0 Å². The van der Waals surface area contributed by atoms with Gasteiger partial charge in [0.05, 0.1) is 22.1 Å². The summed E-state index contributed by atoms with van der Waals surface area (Å²) in [5.41, 5.74) is 1.96. The lowest BCUT2D eigenvalue weighted by atomic mass is 10.3. The summed E-state index contributed by atoms with van der Waals surface area (Å²) in [6.07, 6.45) is 1.61. The Morgan fingerprint density at radius 1 is 1.26 bits per heavy atom. The molecule has 19 heavy (non-hydrogen) atoms. The van der Waals surface area contributed by atoms with Gasteiger partial charge in [0.15, 0.2) is 0 Å². The van der Waals surface area contributed by atoms with E-state index >= 15 is 0 Å². The molecule has 0 spiro atoms. The summed E-state index contributed by atoms with van der Waals surface area (Å²) in [6.45, 7) is 0.528. The third-order valence-electron chi connectivity index (χ3n) is 2.58. The van der Waals surface area contributed by atoms with Gasteiger partial charge in [-0.1, -0.05) is 12.1 Å². The van der Waals surface area contributed by atoms with Crippen molar-refractivity contribution in [2.45, 2.75) is 6.54 Å². The Kier molecular flexibility index (Phi) is 3.35. The fraction of sp³-hybridized carbons (Fsp3) is 0.0833. The highest BCUT2D eigenvalue weighted by Gasteiger charge is 2.06. The number of H-pyrrole nitrogens is 1. The molecule has 0 bridgehead atoms. The average molecular weight is 339 g/mol. The van der Waals surface area contributed by atoms with Gasteiger partial charge in [0.25, 0.3) is 0 Å². The van der Waals surface area contributed by atoms with Crippen LogP contribution in [0.3, 0.4) is 0 Å². The second-order valence-electron chi connectivity index (χ2n) is 3.89. The summed E-state index contributed by atoms with van der Waals surface area (Å²) in [7, 11) is 0. The second-order valence-corrected chi connectivity index (χ2v) is 5.08. The molecule has 2 heterocycles. The molecule has 0 aliphatic rings. The zero-order chi connectivity index (χ0) is 13.2. The first-order valence-corrected chi connectivity index (χ1v) is 6.75. The molecule has 1 aromatic carbocycles. The molecule has 0 unspecified atom stereocenters. The topological polar surface area (TPSA) is 66.5 Å². The molecule has 0 radical (unpaired) electrons. The number of fused-ring (bicyclic) bond motifs is 1. The maximum absolute atomic E-state index is 5.76. The van der Waals surface area contributed by atoms with Crippen LogP contribution < -0.4 is 5.32 Å². The molecule has 0 saturated heterocycles. The summed E-state index contributed by atoms with van der Waals surface area (Å²) in [5, 5.41) is 3.36. The number of aromatic nitrogens is 4. The van der Waals surface area contributed by atoms with Crippen LogP contribution in [0.15, 0.2) is 34.9 Å². The number of nitrogens with zero attached hydrogens (tertiary/aromatic N) is 3. The smallest absolute Gasteiger partial charge is 0.224 e. The van der Waals surface area contributed by atoms with E-state index < -0.39 is 0 Å². The molecule has 0 amide bonds. The van der Waals surface area contributed by atoms with Crippen molar-refractivity contribution in [3.05, 3.63) is 46.0 Å². The Bertz CT molecular complexity index is 694. The summed E-state index contributed by atoms with van der Waals surface area (Å²) < 4.78 is 0.757. The number of benzene rings is 1. The normalized spacial score (nSPS) is 10.8. The molecule has 0 fully saturated rings. The van der Waals surface area contributed by atoms with Crippen molar-refractivity contribution in [2.24, 2.45) is 0 Å². The van der Waals surface area contributed by atoms with E-state index in [0.29, 0.717) is 12.4 Å². The summed E-state index contributed by atoms with van der Waals surface area (Å²) in [4.78, 5) is 15.7. The van der Waals surface area contributed by atoms with Crippen LogP contribution in [0, 0.1) is 0 Å². The Morgan fingerprint density at radius 3 is 2.95 bits per heavy atom. The van der Waals surface area contributed by atoms with E-state index in [1.165, 1.54) is 0 Å². The Morgan fingerprint density at radius 2 is 2.11 bits per heavy atom. The van der Waals surface area contributed by atoms with Gasteiger partial charge in [0.2, 0.25) is 5.28 Å². The SMILES string of the molecule is Clc1ncc(Br)c(NCc2nc3ccccc3[nH]2)n1. The number of halogens is 2. The van der Waals surface area contributed by atoms with Gasteiger partial charge in [-0.3, -0.25) is 0 Å². The van der Waals surface area contributed by atoms with Crippen molar-refractivity contribution in [1.29, 1.82) is 0 Å². The number of hydrogen-bond donors (Lipinski definition) is 2. The van der Waals surface area contributed by atoms with Crippen molar-refractivity contribution in [3.63, 3.8) is 0 Å². The van der Waals surface area contributed by atoms with Gasteiger partial charge in [0, 0.05) is 6.20 Å². The molecule has 0 saturated carbocycles. The number of nitrogens with one attached hydrogen (secondary N) is 2. The van der Waals surface area contributed by atoms with Crippen molar-refractivity contribution in [1.82, 2.24) is 19.9 Å². The number of hydrogen-bond acceptors (Lipinski definition) is 4. The number of rotatable bonds is 3. The Hall–Kier alpha value is -1.66. The van der Waals surface area contributed by atoms with Crippen LogP contribution in [0.4, 0.5) is 5.82 Å². The van der Waals surface area contributed by atoms with Crippen LogP contribution in [0.5, 0.6) is 0 Å². The fourth-order valence-corrected chi connectivity index (χ4v) is 2.19. The minimum Gasteiger partial charge on any atom is -0.362 e. The van der Waals surface area contributed by atoms with Crippen molar-refractivity contribution in [3.8, 4) is 0 Å². The Labute approximate surface area is 122 Å². The Balaban J connectivity index is 1.80. The monoisotopic (exact) mass is 337 g/mol. The molecular formula is C12H9BrClN5. The van der Waals surface area contributed by atoms with E-state index in [1.54, 1.807) is 6.20 Å². The molecule has 0 aliphatic heterocycles. The largest absolute Gasteiger partial charge is 0.362 e. The van der Waals surface area contributed by atoms with E-state index in [-0.39, 0.29) is 5.28 Å². The van der Waals surface area contributed by atoms with Gasteiger partial charge in [0.1, 0.15) is 11.6 Å². The van der Waals surface area contributed by atoms with E-state index in [4.69, 9.17) is 11.6 Å². The van der Waals surface area contributed by atoms with Gasteiger partial charge in [-0.25, -0.2) is 9.97 Å². The quantitative estimate of drug-likeness (QED) is 0.719. The zero-order valence-corrected chi connectivity index (χ0v) is 12.0. The molecule has 3 rings (SSSR count). The lowest BCUT2D eigenvalue weighted by Gasteiger charge is -2.05. The van der Waals surface area contributed by atoms with Crippen LogP contribution in [-0.2, 0) is 6.54 Å². The third kappa shape index (κ3) is 2.69. The highest BCUT2D eigenvalue weighted by molar-refractivity contribution is 9.10. The maximum Gasteiger partial charge on any atom is 0.224 e. The van der Waals surface area contributed by atoms with Crippen LogP contribution in [-0.4, -0.2) is 19.9 Å². The first-order valence-electron chi connectivity index (χ1n) is 5.58. The summed E-state index contributed by atoms with van der Waals surface area (Å²) in [5.74, 6) is 1.48. The molecule has 5 nitrogen and oxygen atoms in total. The predicted molar refractivity (Wildman–Crippen MR) is 78.2 cm³/mol. The lowest BCUT2D eigenvalue weighted by molar-refractivity contribution is 0.988. The van der Waals surface area contributed by atoms with E-state index in [0.717, 1.165) is 21.3 Å².